The number of halogens is 1. The first kappa shape index (κ1) is 33.7. The van der Waals surface area contributed by atoms with E-state index in [0.717, 1.165) is 38.9 Å². The predicted molar refractivity (Wildman–Crippen MR) is 189 cm³/mol. The Balaban J connectivity index is 0.000000184. The van der Waals surface area contributed by atoms with Gasteiger partial charge in [-0.15, -0.1) is 17.8 Å². The van der Waals surface area contributed by atoms with Crippen molar-refractivity contribution in [2.45, 2.75) is 53.1 Å². The van der Waals surface area contributed by atoms with Crippen LogP contribution in [-0.2, 0) is 11.2 Å². The summed E-state index contributed by atoms with van der Waals surface area (Å²) in [5.41, 5.74) is 12.0. The Morgan fingerprint density at radius 2 is 1.77 bits per heavy atom. The molecular weight excluding hydrogens is 634 g/mol. The zero-order chi connectivity index (χ0) is 33.7. The van der Waals surface area contributed by atoms with Crippen LogP contribution in [-0.4, -0.2) is 60.1 Å². The standard InChI is InChI=1S/C17H21ClN4O2.C17H17N5S/c1-6-12-14(18)22-11(2)10-20-15(22)13(21-12)8-7-9-19-16(23)24-17(3,4)5;1-11-10-20-16-15(19-8-7-18)21-13-9-14(23-17(13)22(11)16)12-5-3-2-4-6-12/h1,10H,7-9H2,2-5H3,(H,19,23);2-6,9-10H,7-8,18H2,1H3,(H,19,21). The highest BCUT2D eigenvalue weighted by Gasteiger charge is 2.18. The molecule has 0 unspecified atom stereocenters. The smallest absolute Gasteiger partial charge is 0.407 e. The Morgan fingerprint density at radius 1 is 1.06 bits per heavy atom. The van der Waals surface area contributed by atoms with E-state index in [1.54, 1.807) is 21.9 Å². The van der Waals surface area contributed by atoms with Crippen molar-refractivity contribution < 1.29 is 9.53 Å². The summed E-state index contributed by atoms with van der Waals surface area (Å²) >= 11 is 8.01. The Morgan fingerprint density at radius 3 is 2.45 bits per heavy atom. The van der Waals surface area contributed by atoms with Gasteiger partial charge in [-0.25, -0.2) is 24.7 Å². The number of nitrogens with two attached hydrogens (primary N) is 1. The lowest BCUT2D eigenvalue weighted by molar-refractivity contribution is 0.0527. The second kappa shape index (κ2) is 14.4. The molecule has 1 amide bonds. The van der Waals surface area contributed by atoms with E-state index in [1.807, 2.05) is 40.0 Å². The number of hydrogen-bond acceptors (Lipinski definition) is 9. The van der Waals surface area contributed by atoms with Crippen molar-refractivity contribution in [3.63, 3.8) is 0 Å². The first-order valence-corrected chi connectivity index (χ1v) is 16.4. The van der Waals surface area contributed by atoms with Crippen molar-refractivity contribution in [3.8, 4) is 22.8 Å². The van der Waals surface area contributed by atoms with Gasteiger partial charge in [0.2, 0.25) is 0 Å². The van der Waals surface area contributed by atoms with Gasteiger partial charge in [-0.05, 0) is 65.0 Å². The molecule has 6 aromatic rings. The normalized spacial score (nSPS) is 11.4. The molecule has 5 aromatic heterocycles. The summed E-state index contributed by atoms with van der Waals surface area (Å²) in [6, 6.07) is 12.5. The van der Waals surface area contributed by atoms with E-state index < -0.39 is 11.7 Å². The maximum Gasteiger partial charge on any atom is 0.407 e. The summed E-state index contributed by atoms with van der Waals surface area (Å²) in [5.74, 6) is 3.28. The molecule has 0 radical (unpaired) electrons. The first-order valence-electron chi connectivity index (χ1n) is 15.2. The molecule has 244 valence electrons. The summed E-state index contributed by atoms with van der Waals surface area (Å²) in [4.78, 5) is 32.0. The number of benzene rings is 1. The van der Waals surface area contributed by atoms with Crippen LogP contribution in [0.3, 0.4) is 0 Å². The van der Waals surface area contributed by atoms with E-state index >= 15 is 0 Å². The topological polar surface area (TPSA) is 137 Å². The van der Waals surface area contributed by atoms with E-state index in [1.165, 1.54) is 10.4 Å². The van der Waals surface area contributed by atoms with Crippen molar-refractivity contribution in [2.75, 3.05) is 25.0 Å². The van der Waals surface area contributed by atoms with Crippen LogP contribution in [0.25, 0.3) is 32.1 Å². The van der Waals surface area contributed by atoms with Gasteiger partial charge in [-0.3, -0.25) is 8.80 Å². The molecule has 0 saturated heterocycles. The van der Waals surface area contributed by atoms with Crippen LogP contribution >= 0.6 is 22.9 Å². The first-order chi connectivity index (χ1) is 22.5. The third kappa shape index (κ3) is 7.65. The fraction of sp³-hybridized carbons (Fsp3) is 0.324. The number of fused-ring (bicyclic) bond motifs is 4. The Kier molecular flexibility index (Phi) is 10.3. The predicted octanol–water partition coefficient (Wildman–Crippen LogP) is 6.42. The Labute approximate surface area is 282 Å². The minimum Gasteiger partial charge on any atom is -0.444 e. The highest BCUT2D eigenvalue weighted by molar-refractivity contribution is 7.21. The number of amides is 1. The number of imidazole rings is 2. The van der Waals surface area contributed by atoms with Gasteiger partial charge in [0.25, 0.3) is 0 Å². The maximum atomic E-state index is 11.6. The molecule has 0 bridgehead atoms. The minimum absolute atomic E-state index is 0.387. The summed E-state index contributed by atoms with van der Waals surface area (Å²) in [5, 5.41) is 6.38. The van der Waals surface area contributed by atoms with Gasteiger partial charge < -0.3 is 21.1 Å². The molecule has 0 fully saturated rings. The fourth-order valence-corrected chi connectivity index (χ4v) is 6.42. The zero-order valence-corrected chi connectivity index (χ0v) is 28.7. The number of ether oxygens (including phenoxy) is 1. The van der Waals surface area contributed by atoms with Crippen LogP contribution in [0.1, 0.15) is 50.0 Å². The third-order valence-corrected chi connectivity index (χ3v) is 8.51. The second-order valence-electron chi connectivity index (χ2n) is 11.8. The summed E-state index contributed by atoms with van der Waals surface area (Å²) in [6.45, 7) is 11.1. The van der Waals surface area contributed by atoms with Gasteiger partial charge in [0.15, 0.2) is 17.1 Å². The van der Waals surface area contributed by atoms with E-state index in [-0.39, 0.29) is 0 Å². The molecule has 4 N–H and O–H groups in total. The minimum atomic E-state index is -0.511. The van der Waals surface area contributed by atoms with Gasteiger partial charge in [-0.1, -0.05) is 41.9 Å². The molecule has 0 saturated carbocycles. The molecule has 47 heavy (non-hydrogen) atoms. The fourth-order valence-electron chi connectivity index (χ4n) is 4.94. The van der Waals surface area contributed by atoms with Gasteiger partial charge in [0, 0.05) is 48.3 Å². The molecule has 6 rings (SSSR count). The average Bonchev–Trinajstić information content (AvgIpc) is 3.76. The molecule has 0 aliphatic rings. The molecular formula is C34H38ClN9O2S. The quantitative estimate of drug-likeness (QED) is 0.125. The average molecular weight is 672 g/mol. The number of nitrogens with zero attached hydrogens (tertiary/aromatic N) is 6. The number of carbonyl (C=O) groups excluding carboxylic acids is 1. The van der Waals surface area contributed by atoms with Crippen LogP contribution in [0.2, 0.25) is 5.15 Å². The van der Waals surface area contributed by atoms with Crippen molar-refractivity contribution in [1.82, 2.24) is 34.1 Å². The monoisotopic (exact) mass is 671 g/mol. The van der Waals surface area contributed by atoms with Crippen LogP contribution in [0.4, 0.5) is 10.6 Å². The molecule has 11 nitrogen and oxygen atoms in total. The van der Waals surface area contributed by atoms with Crippen LogP contribution in [0.5, 0.6) is 0 Å². The number of alkyl carbamates (subject to hydrolysis) is 1. The number of carbonyl (C=O) groups is 1. The molecule has 0 spiro atoms. The molecule has 0 aliphatic carbocycles. The molecule has 0 aliphatic heterocycles. The number of nitrogens with one attached hydrogen (secondary N) is 2. The molecule has 13 heteroatoms. The summed E-state index contributed by atoms with van der Waals surface area (Å²) in [7, 11) is 0. The molecule has 5 heterocycles. The maximum absolute atomic E-state index is 11.6. The number of hydrogen-bond donors (Lipinski definition) is 3. The molecule has 0 atom stereocenters. The van der Waals surface area contributed by atoms with Crippen molar-refractivity contribution >= 4 is 56.5 Å². The number of anilines is 1. The second-order valence-corrected chi connectivity index (χ2v) is 13.2. The highest BCUT2D eigenvalue weighted by atomic mass is 35.5. The molecule has 1 aromatic carbocycles. The van der Waals surface area contributed by atoms with E-state index in [0.29, 0.717) is 49.0 Å². The van der Waals surface area contributed by atoms with E-state index in [2.05, 4.69) is 73.2 Å². The van der Waals surface area contributed by atoms with Gasteiger partial charge in [-0.2, -0.15) is 0 Å². The van der Waals surface area contributed by atoms with Gasteiger partial charge in [0.05, 0.1) is 5.69 Å². The van der Waals surface area contributed by atoms with Crippen molar-refractivity contribution in [2.24, 2.45) is 5.73 Å². The number of rotatable bonds is 8. The van der Waals surface area contributed by atoms with Crippen molar-refractivity contribution in [3.05, 3.63) is 76.7 Å². The Bertz CT molecular complexity index is 2070. The number of aromatic nitrogens is 6. The number of thiophene rings is 1. The lowest BCUT2D eigenvalue weighted by atomic mass is 10.2. The van der Waals surface area contributed by atoms with Gasteiger partial charge in [0.1, 0.15) is 26.8 Å². The summed E-state index contributed by atoms with van der Waals surface area (Å²) < 4.78 is 9.15. The van der Waals surface area contributed by atoms with Crippen molar-refractivity contribution in [1.29, 1.82) is 0 Å². The zero-order valence-electron chi connectivity index (χ0n) is 27.1. The number of terminal acetylenes is 1. The van der Waals surface area contributed by atoms with Crippen LogP contribution < -0.4 is 16.4 Å². The number of aryl methyl sites for hydroxylation is 3. The lowest BCUT2D eigenvalue weighted by Gasteiger charge is -2.19. The largest absolute Gasteiger partial charge is 0.444 e. The van der Waals surface area contributed by atoms with E-state index in [9.17, 15) is 4.79 Å². The van der Waals surface area contributed by atoms with Crippen LogP contribution in [0, 0.1) is 26.2 Å². The van der Waals surface area contributed by atoms with Gasteiger partial charge >= 0.3 is 6.09 Å². The Hall–Kier alpha value is -4.70. The van der Waals surface area contributed by atoms with E-state index in [4.69, 9.17) is 33.5 Å². The highest BCUT2D eigenvalue weighted by Crippen LogP contribution is 2.35. The lowest BCUT2D eigenvalue weighted by Crippen LogP contribution is -2.33. The SMILES string of the molecule is C#Cc1nc(CCCNC(=O)OC(C)(C)C)c2ncc(C)n2c1Cl.Cc1cnc2c(NCCN)nc3cc(-c4ccccc4)sc3n12. The van der Waals surface area contributed by atoms with Crippen LogP contribution in [0.15, 0.2) is 48.8 Å². The third-order valence-electron chi connectivity index (χ3n) is 7.00. The summed E-state index contributed by atoms with van der Waals surface area (Å²) in [6.07, 6.45) is 9.95.